The molecule has 2 rings (SSSR count). The summed E-state index contributed by atoms with van der Waals surface area (Å²) in [7, 11) is -1.72. The van der Waals surface area contributed by atoms with Crippen LogP contribution in [0.4, 0.5) is 14.5 Å². The molecule has 0 spiro atoms. The van der Waals surface area contributed by atoms with Gasteiger partial charge in [0, 0.05) is 13.1 Å². The molecule has 10 heteroatoms. The summed E-state index contributed by atoms with van der Waals surface area (Å²) in [6, 6.07) is 8.64. The van der Waals surface area contributed by atoms with Crippen LogP contribution in [0.1, 0.15) is 10.4 Å². The van der Waals surface area contributed by atoms with Crippen molar-refractivity contribution in [3.63, 3.8) is 0 Å². The number of nitrogens with one attached hydrogen (secondary N) is 1. The van der Waals surface area contributed by atoms with Gasteiger partial charge in [0.1, 0.15) is 11.6 Å². The number of carbonyl (C=O) groups excluding carboxylic acids is 2. The van der Waals surface area contributed by atoms with Crippen molar-refractivity contribution in [2.45, 2.75) is 4.90 Å². The van der Waals surface area contributed by atoms with E-state index in [0.717, 1.165) is 17.5 Å². The first-order valence-electron chi connectivity index (χ1n) is 7.55. The van der Waals surface area contributed by atoms with E-state index in [9.17, 15) is 26.8 Å². The number of benzene rings is 2. The highest BCUT2D eigenvalue weighted by Gasteiger charge is 2.24. The van der Waals surface area contributed by atoms with Crippen molar-refractivity contribution < 1.29 is 31.5 Å². The molecular weight excluding hydrogens is 382 g/mol. The van der Waals surface area contributed by atoms with E-state index in [0.29, 0.717) is 6.07 Å². The molecule has 0 aliphatic carbocycles. The number of sulfonamides is 1. The minimum Gasteiger partial charge on any atom is -0.465 e. The van der Waals surface area contributed by atoms with Gasteiger partial charge >= 0.3 is 5.97 Å². The van der Waals surface area contributed by atoms with Crippen LogP contribution in [-0.4, -0.2) is 45.3 Å². The first kappa shape index (κ1) is 20.5. The van der Waals surface area contributed by atoms with Gasteiger partial charge in [-0.15, -0.1) is 0 Å². The van der Waals surface area contributed by atoms with Crippen molar-refractivity contribution in [3.05, 3.63) is 59.7 Å². The molecule has 2 aromatic carbocycles. The fourth-order valence-electron chi connectivity index (χ4n) is 2.16. The monoisotopic (exact) mass is 398 g/mol. The van der Waals surface area contributed by atoms with Crippen LogP contribution in [-0.2, 0) is 19.6 Å². The first-order valence-corrected chi connectivity index (χ1v) is 8.99. The van der Waals surface area contributed by atoms with E-state index in [1.165, 1.54) is 31.3 Å². The molecule has 0 fully saturated rings. The molecule has 1 amide bonds. The molecule has 7 nitrogen and oxygen atoms in total. The predicted molar refractivity (Wildman–Crippen MR) is 92.6 cm³/mol. The van der Waals surface area contributed by atoms with Crippen molar-refractivity contribution in [2.24, 2.45) is 0 Å². The van der Waals surface area contributed by atoms with Crippen molar-refractivity contribution in [3.8, 4) is 0 Å². The Morgan fingerprint density at radius 1 is 1.11 bits per heavy atom. The lowest BCUT2D eigenvalue weighted by Gasteiger charge is -2.17. The lowest BCUT2D eigenvalue weighted by atomic mass is 10.1. The van der Waals surface area contributed by atoms with Gasteiger partial charge in [-0.3, -0.25) is 4.79 Å². The Hall–Kier alpha value is -2.85. The minimum atomic E-state index is -3.92. The number of carbonyl (C=O) groups is 2. The average Bonchev–Trinajstić information content (AvgIpc) is 2.63. The molecular formula is C17H16F2N2O5S. The van der Waals surface area contributed by atoms with Crippen LogP contribution in [0.5, 0.6) is 0 Å². The number of hydrogen-bond acceptors (Lipinski definition) is 5. The quantitative estimate of drug-likeness (QED) is 0.752. The number of halogens is 2. The molecule has 144 valence electrons. The van der Waals surface area contributed by atoms with Crippen LogP contribution in [0.25, 0.3) is 0 Å². The third-order valence-electron chi connectivity index (χ3n) is 3.55. The first-order chi connectivity index (χ1) is 12.7. The third kappa shape index (κ3) is 4.66. The molecule has 0 aliphatic heterocycles. The van der Waals surface area contributed by atoms with Gasteiger partial charge in [-0.25, -0.2) is 22.0 Å². The average molecular weight is 398 g/mol. The van der Waals surface area contributed by atoms with Gasteiger partial charge < -0.3 is 10.1 Å². The number of nitrogens with zero attached hydrogens (tertiary/aromatic N) is 1. The largest absolute Gasteiger partial charge is 0.465 e. The molecule has 0 saturated heterocycles. The van der Waals surface area contributed by atoms with E-state index in [1.807, 2.05) is 0 Å². The van der Waals surface area contributed by atoms with Crippen molar-refractivity contribution in [1.29, 1.82) is 0 Å². The number of anilines is 1. The molecule has 0 atom stereocenters. The highest BCUT2D eigenvalue weighted by Crippen LogP contribution is 2.21. The van der Waals surface area contributed by atoms with E-state index in [-0.39, 0.29) is 4.90 Å². The smallest absolute Gasteiger partial charge is 0.340 e. The van der Waals surface area contributed by atoms with Crippen LogP contribution >= 0.6 is 0 Å². The fourth-order valence-corrected chi connectivity index (χ4v) is 3.31. The standard InChI is InChI=1S/C17H16F2N2O5S/c1-21(27(24,25)11-6-4-3-5-7-11)10-16(22)20-15-8-12(17(23)26-2)13(18)9-14(15)19/h3-9H,10H2,1-2H3,(H,20,22). The Morgan fingerprint density at radius 2 is 1.74 bits per heavy atom. The summed E-state index contributed by atoms with van der Waals surface area (Å²) in [5, 5.41) is 2.12. The summed E-state index contributed by atoms with van der Waals surface area (Å²) in [6.45, 7) is -0.623. The Morgan fingerprint density at radius 3 is 2.33 bits per heavy atom. The fraction of sp³-hybridized carbons (Fsp3) is 0.176. The number of methoxy groups -OCH3 is 1. The third-order valence-corrected chi connectivity index (χ3v) is 5.37. The summed E-state index contributed by atoms with van der Waals surface area (Å²) in [6.07, 6.45) is 0. The summed E-state index contributed by atoms with van der Waals surface area (Å²) >= 11 is 0. The predicted octanol–water partition coefficient (Wildman–Crippen LogP) is 2.01. The van der Waals surface area contributed by atoms with Gasteiger partial charge in [0.15, 0.2) is 0 Å². The summed E-state index contributed by atoms with van der Waals surface area (Å²) < 4.78 is 57.4. The zero-order chi connectivity index (χ0) is 20.2. The number of rotatable bonds is 6. The van der Waals surface area contributed by atoms with Crippen LogP contribution < -0.4 is 5.32 Å². The number of hydrogen-bond donors (Lipinski definition) is 1. The van der Waals surface area contributed by atoms with E-state index in [1.54, 1.807) is 6.07 Å². The Balaban J connectivity index is 2.17. The van der Waals surface area contributed by atoms with Gasteiger partial charge in [-0.1, -0.05) is 18.2 Å². The second-order valence-electron chi connectivity index (χ2n) is 5.43. The second-order valence-corrected chi connectivity index (χ2v) is 7.47. The van der Waals surface area contributed by atoms with E-state index in [2.05, 4.69) is 10.1 Å². The minimum absolute atomic E-state index is 0.0127. The lowest BCUT2D eigenvalue weighted by Crippen LogP contribution is -2.35. The molecule has 0 unspecified atom stereocenters. The zero-order valence-corrected chi connectivity index (χ0v) is 15.2. The van der Waals surface area contributed by atoms with Crippen LogP contribution in [0.3, 0.4) is 0 Å². The van der Waals surface area contributed by atoms with Crippen LogP contribution in [0.2, 0.25) is 0 Å². The number of amides is 1. The highest BCUT2D eigenvalue weighted by molar-refractivity contribution is 7.89. The number of esters is 1. The molecule has 0 bridgehead atoms. The molecule has 0 aliphatic rings. The van der Waals surface area contributed by atoms with E-state index in [4.69, 9.17) is 0 Å². The van der Waals surface area contributed by atoms with Gasteiger partial charge in [-0.05, 0) is 18.2 Å². The van der Waals surface area contributed by atoms with Crippen molar-refractivity contribution in [2.75, 3.05) is 26.0 Å². The Kier molecular flexibility index (Phi) is 6.24. The summed E-state index contributed by atoms with van der Waals surface area (Å²) in [5.74, 6) is -4.20. The second kappa shape index (κ2) is 8.23. The van der Waals surface area contributed by atoms with E-state index < -0.39 is 51.3 Å². The van der Waals surface area contributed by atoms with Gasteiger partial charge in [0.25, 0.3) is 0 Å². The molecule has 0 heterocycles. The molecule has 2 aromatic rings. The summed E-state index contributed by atoms with van der Waals surface area (Å²) in [4.78, 5) is 23.5. The van der Waals surface area contributed by atoms with Gasteiger partial charge in [-0.2, -0.15) is 4.31 Å². The maximum atomic E-state index is 13.9. The summed E-state index contributed by atoms with van der Waals surface area (Å²) in [5.41, 5.74) is -1.05. The van der Waals surface area contributed by atoms with Gasteiger partial charge in [0.05, 0.1) is 29.8 Å². The number of likely N-dealkylation sites (N-methyl/N-ethyl adjacent to an activating group) is 1. The lowest BCUT2D eigenvalue weighted by molar-refractivity contribution is -0.116. The van der Waals surface area contributed by atoms with Crippen molar-refractivity contribution in [1.82, 2.24) is 4.31 Å². The van der Waals surface area contributed by atoms with Crippen LogP contribution in [0, 0.1) is 11.6 Å². The maximum Gasteiger partial charge on any atom is 0.340 e. The highest BCUT2D eigenvalue weighted by atomic mass is 32.2. The van der Waals surface area contributed by atoms with Crippen LogP contribution in [0.15, 0.2) is 47.4 Å². The molecule has 0 radical (unpaired) electrons. The Labute approximate surface area is 154 Å². The molecule has 27 heavy (non-hydrogen) atoms. The molecule has 1 N–H and O–H groups in total. The molecule has 0 saturated carbocycles. The van der Waals surface area contributed by atoms with Gasteiger partial charge in [0.2, 0.25) is 15.9 Å². The molecule has 0 aromatic heterocycles. The topological polar surface area (TPSA) is 92.8 Å². The van der Waals surface area contributed by atoms with Crippen molar-refractivity contribution >= 4 is 27.6 Å². The number of ether oxygens (including phenoxy) is 1. The maximum absolute atomic E-state index is 13.9. The SMILES string of the molecule is COC(=O)c1cc(NC(=O)CN(C)S(=O)(=O)c2ccccc2)c(F)cc1F. The normalized spacial score (nSPS) is 11.3. The van der Waals surface area contributed by atoms with E-state index >= 15 is 0 Å². The zero-order valence-electron chi connectivity index (χ0n) is 14.4. The Bertz CT molecular complexity index is 965.